The number of ether oxygens (including phenoxy) is 1. The number of carbonyl (C=O) groups excluding carboxylic acids is 2. The zero-order chi connectivity index (χ0) is 18.1. The molecular formula is C19H29N3O3. The maximum absolute atomic E-state index is 12.7. The van der Waals surface area contributed by atoms with Crippen molar-refractivity contribution in [3.63, 3.8) is 0 Å². The Morgan fingerprint density at radius 3 is 2.64 bits per heavy atom. The molecule has 1 heterocycles. The lowest BCUT2D eigenvalue weighted by molar-refractivity contribution is -0.114. The highest BCUT2D eigenvalue weighted by molar-refractivity contribution is 6.02. The summed E-state index contributed by atoms with van der Waals surface area (Å²) in [4.78, 5) is 26.3. The average Bonchev–Trinajstić information content (AvgIpc) is 2.61. The first kappa shape index (κ1) is 19.2. The fraction of sp³-hybridized carbons (Fsp3) is 0.579. The SMILES string of the molecule is CCOCCCNC(=O)c1cc(NC(C)=O)ccc1N1CCCCC1. The Morgan fingerprint density at radius 1 is 1.20 bits per heavy atom. The summed E-state index contributed by atoms with van der Waals surface area (Å²) in [6.07, 6.45) is 4.30. The van der Waals surface area contributed by atoms with E-state index in [9.17, 15) is 9.59 Å². The second kappa shape index (κ2) is 10.0. The Labute approximate surface area is 149 Å². The van der Waals surface area contributed by atoms with Crippen molar-refractivity contribution >= 4 is 23.2 Å². The predicted molar refractivity (Wildman–Crippen MR) is 100 cm³/mol. The molecule has 2 amide bonds. The van der Waals surface area contributed by atoms with E-state index in [1.807, 2.05) is 19.1 Å². The van der Waals surface area contributed by atoms with Gasteiger partial charge < -0.3 is 20.3 Å². The van der Waals surface area contributed by atoms with Gasteiger partial charge in [0.25, 0.3) is 5.91 Å². The van der Waals surface area contributed by atoms with Gasteiger partial charge >= 0.3 is 0 Å². The summed E-state index contributed by atoms with van der Waals surface area (Å²) in [7, 11) is 0. The predicted octanol–water partition coefficient (Wildman–Crippen LogP) is 2.79. The second-order valence-electron chi connectivity index (χ2n) is 6.27. The van der Waals surface area contributed by atoms with E-state index in [2.05, 4.69) is 15.5 Å². The largest absolute Gasteiger partial charge is 0.382 e. The van der Waals surface area contributed by atoms with Crippen molar-refractivity contribution in [1.29, 1.82) is 0 Å². The van der Waals surface area contributed by atoms with Crippen LogP contribution >= 0.6 is 0 Å². The van der Waals surface area contributed by atoms with E-state index in [0.29, 0.717) is 31.0 Å². The third kappa shape index (κ3) is 6.05. The molecule has 0 saturated carbocycles. The zero-order valence-electron chi connectivity index (χ0n) is 15.3. The van der Waals surface area contributed by atoms with Gasteiger partial charge in [-0.1, -0.05) is 0 Å². The monoisotopic (exact) mass is 347 g/mol. The number of rotatable bonds is 8. The van der Waals surface area contributed by atoms with Crippen LogP contribution in [0.5, 0.6) is 0 Å². The number of benzene rings is 1. The maximum Gasteiger partial charge on any atom is 0.253 e. The minimum atomic E-state index is -0.145. The molecule has 0 atom stereocenters. The van der Waals surface area contributed by atoms with Gasteiger partial charge in [-0.05, 0) is 50.8 Å². The van der Waals surface area contributed by atoms with Crippen molar-refractivity contribution in [2.24, 2.45) is 0 Å². The molecule has 2 rings (SSSR count). The number of hydrogen-bond donors (Lipinski definition) is 2. The van der Waals surface area contributed by atoms with Gasteiger partial charge in [0.15, 0.2) is 0 Å². The fourth-order valence-electron chi connectivity index (χ4n) is 3.03. The lowest BCUT2D eigenvalue weighted by Gasteiger charge is -2.30. The molecular weight excluding hydrogens is 318 g/mol. The Kier molecular flexibility index (Phi) is 7.73. The molecule has 2 N–H and O–H groups in total. The summed E-state index contributed by atoms with van der Waals surface area (Å²) in [5.41, 5.74) is 2.20. The van der Waals surface area contributed by atoms with Crippen molar-refractivity contribution in [3.05, 3.63) is 23.8 Å². The second-order valence-corrected chi connectivity index (χ2v) is 6.27. The lowest BCUT2D eigenvalue weighted by atomic mass is 10.1. The van der Waals surface area contributed by atoms with Crippen LogP contribution in [0.15, 0.2) is 18.2 Å². The van der Waals surface area contributed by atoms with Gasteiger partial charge in [0.05, 0.1) is 5.56 Å². The molecule has 0 aliphatic carbocycles. The van der Waals surface area contributed by atoms with E-state index in [1.165, 1.54) is 13.3 Å². The van der Waals surface area contributed by atoms with Gasteiger partial charge in [0.2, 0.25) is 5.91 Å². The van der Waals surface area contributed by atoms with Crippen LogP contribution in [0.4, 0.5) is 11.4 Å². The molecule has 1 aliphatic heterocycles. The molecule has 6 nitrogen and oxygen atoms in total. The van der Waals surface area contributed by atoms with E-state index in [1.54, 1.807) is 6.07 Å². The summed E-state index contributed by atoms with van der Waals surface area (Å²) in [6, 6.07) is 5.56. The van der Waals surface area contributed by atoms with Crippen molar-refractivity contribution < 1.29 is 14.3 Å². The summed E-state index contributed by atoms with van der Waals surface area (Å²) in [5.74, 6) is -0.252. The highest BCUT2D eigenvalue weighted by Gasteiger charge is 2.19. The van der Waals surface area contributed by atoms with Gasteiger partial charge in [-0.3, -0.25) is 9.59 Å². The van der Waals surface area contributed by atoms with Crippen molar-refractivity contribution in [1.82, 2.24) is 5.32 Å². The maximum atomic E-state index is 12.7. The average molecular weight is 347 g/mol. The molecule has 25 heavy (non-hydrogen) atoms. The van der Waals surface area contributed by atoms with Crippen LogP contribution in [0, 0.1) is 0 Å². The Balaban J connectivity index is 2.12. The van der Waals surface area contributed by atoms with Crippen LogP contribution in [0.25, 0.3) is 0 Å². The first-order chi connectivity index (χ1) is 12.1. The van der Waals surface area contributed by atoms with E-state index in [4.69, 9.17) is 4.74 Å². The molecule has 1 aromatic rings. The number of hydrogen-bond acceptors (Lipinski definition) is 4. The first-order valence-electron chi connectivity index (χ1n) is 9.14. The third-order valence-electron chi connectivity index (χ3n) is 4.21. The smallest absolute Gasteiger partial charge is 0.253 e. The van der Waals surface area contributed by atoms with Crippen LogP contribution in [0.3, 0.4) is 0 Å². The molecule has 0 radical (unpaired) electrons. The lowest BCUT2D eigenvalue weighted by Crippen LogP contribution is -2.33. The zero-order valence-corrected chi connectivity index (χ0v) is 15.3. The van der Waals surface area contributed by atoms with E-state index in [-0.39, 0.29) is 11.8 Å². The molecule has 1 aromatic carbocycles. The molecule has 0 bridgehead atoms. The standard InChI is InChI=1S/C19H29N3O3/c1-3-25-13-7-10-20-19(24)17-14-16(21-15(2)23)8-9-18(17)22-11-5-4-6-12-22/h8-9,14H,3-7,10-13H2,1-2H3,(H,20,24)(H,21,23). The van der Waals surface area contributed by atoms with E-state index < -0.39 is 0 Å². The van der Waals surface area contributed by atoms with Crippen molar-refractivity contribution in [3.8, 4) is 0 Å². The van der Waals surface area contributed by atoms with Gasteiger partial charge in [0.1, 0.15) is 0 Å². The number of nitrogens with zero attached hydrogens (tertiary/aromatic N) is 1. The summed E-state index contributed by atoms with van der Waals surface area (Å²) in [6.45, 7) is 7.24. The van der Waals surface area contributed by atoms with Crippen LogP contribution in [-0.4, -0.2) is 44.7 Å². The minimum Gasteiger partial charge on any atom is -0.382 e. The van der Waals surface area contributed by atoms with Gasteiger partial charge in [-0.2, -0.15) is 0 Å². The quantitative estimate of drug-likeness (QED) is 0.710. The van der Waals surface area contributed by atoms with E-state index >= 15 is 0 Å². The third-order valence-corrected chi connectivity index (χ3v) is 4.21. The van der Waals surface area contributed by atoms with Crippen molar-refractivity contribution in [2.45, 2.75) is 39.5 Å². The summed E-state index contributed by atoms with van der Waals surface area (Å²) >= 11 is 0. The number of nitrogens with one attached hydrogen (secondary N) is 2. The highest BCUT2D eigenvalue weighted by Crippen LogP contribution is 2.27. The van der Waals surface area contributed by atoms with Crippen molar-refractivity contribution in [2.75, 3.05) is 43.1 Å². The number of piperidine rings is 1. The molecule has 6 heteroatoms. The fourth-order valence-corrected chi connectivity index (χ4v) is 3.03. The Hall–Kier alpha value is -2.08. The number of carbonyl (C=O) groups is 2. The molecule has 138 valence electrons. The molecule has 1 aliphatic rings. The van der Waals surface area contributed by atoms with Crippen LogP contribution in [-0.2, 0) is 9.53 Å². The van der Waals surface area contributed by atoms with Crippen LogP contribution in [0.1, 0.15) is 49.9 Å². The normalized spacial score (nSPS) is 14.2. The number of amides is 2. The Bertz CT molecular complexity index is 583. The minimum absolute atomic E-state index is 0.107. The van der Waals surface area contributed by atoms with Gasteiger partial charge in [0, 0.05) is 51.1 Å². The Morgan fingerprint density at radius 2 is 1.96 bits per heavy atom. The summed E-state index contributed by atoms with van der Waals surface area (Å²) < 4.78 is 5.30. The molecule has 1 saturated heterocycles. The molecule has 1 fully saturated rings. The molecule has 0 aromatic heterocycles. The topological polar surface area (TPSA) is 70.7 Å². The summed E-state index contributed by atoms with van der Waals surface area (Å²) in [5, 5.41) is 5.72. The first-order valence-corrected chi connectivity index (χ1v) is 9.14. The van der Waals surface area contributed by atoms with Crippen LogP contribution < -0.4 is 15.5 Å². The van der Waals surface area contributed by atoms with Crippen LogP contribution in [0.2, 0.25) is 0 Å². The van der Waals surface area contributed by atoms with E-state index in [0.717, 1.165) is 38.0 Å². The molecule has 0 unspecified atom stereocenters. The van der Waals surface area contributed by atoms with Gasteiger partial charge in [-0.15, -0.1) is 0 Å². The van der Waals surface area contributed by atoms with Gasteiger partial charge in [-0.25, -0.2) is 0 Å². The highest BCUT2D eigenvalue weighted by atomic mass is 16.5. The molecule has 0 spiro atoms. The number of anilines is 2.